The van der Waals surface area contributed by atoms with E-state index < -0.39 is 0 Å². The fraction of sp³-hybridized carbons (Fsp3) is 0.143. The van der Waals surface area contributed by atoms with Crippen LogP contribution in [-0.4, -0.2) is 25.0 Å². The van der Waals surface area contributed by atoms with Crippen molar-refractivity contribution in [1.29, 1.82) is 0 Å². The summed E-state index contributed by atoms with van der Waals surface area (Å²) in [5, 5.41) is 4.74. The van der Waals surface area contributed by atoms with Gasteiger partial charge in [0.1, 0.15) is 6.61 Å². The summed E-state index contributed by atoms with van der Waals surface area (Å²) in [6, 6.07) is 11.2. The third-order valence-electron chi connectivity index (χ3n) is 2.72. The second kappa shape index (κ2) is 5.24. The molecule has 1 aromatic carbocycles. The number of benzene rings is 1. The van der Waals surface area contributed by atoms with Gasteiger partial charge >= 0.3 is 0 Å². The zero-order valence-corrected chi connectivity index (χ0v) is 10.9. The van der Waals surface area contributed by atoms with E-state index in [0.717, 1.165) is 11.3 Å². The minimum atomic E-state index is -0.0859. The Bertz CT molecular complexity index is 603. The first-order chi connectivity index (χ1) is 9.33. The number of nitrogens with one attached hydrogen (secondary N) is 1. The molecule has 19 heavy (non-hydrogen) atoms. The molecule has 1 aromatic heterocycles. The first kappa shape index (κ1) is 11.9. The monoisotopic (exact) mass is 272 g/mol. The Morgan fingerprint density at radius 3 is 2.74 bits per heavy atom. The van der Waals surface area contributed by atoms with Gasteiger partial charge in [0, 0.05) is 11.3 Å². The van der Waals surface area contributed by atoms with Crippen LogP contribution in [0.5, 0.6) is 0 Å². The summed E-state index contributed by atoms with van der Waals surface area (Å²) >= 11 is 1.42. The molecular formula is C14H12N2O2S. The predicted molar refractivity (Wildman–Crippen MR) is 76.1 cm³/mol. The molecule has 4 nitrogen and oxygen atoms in total. The quantitative estimate of drug-likeness (QED) is 0.934. The second-order valence-electron chi connectivity index (χ2n) is 4.04. The number of aliphatic imine (C=N–C) groups is 1. The van der Waals surface area contributed by atoms with Gasteiger partial charge in [0.25, 0.3) is 5.91 Å². The van der Waals surface area contributed by atoms with E-state index in [9.17, 15) is 4.79 Å². The number of nitrogens with zero attached hydrogens (tertiary/aromatic N) is 1. The fourth-order valence-electron chi connectivity index (χ4n) is 1.81. The lowest BCUT2D eigenvalue weighted by molar-refractivity contribution is 0.103. The Kier molecular flexibility index (Phi) is 3.29. The van der Waals surface area contributed by atoms with Crippen LogP contribution in [0.15, 0.2) is 46.8 Å². The molecule has 1 aliphatic rings. The van der Waals surface area contributed by atoms with Gasteiger partial charge in [0.05, 0.1) is 11.4 Å². The van der Waals surface area contributed by atoms with Gasteiger partial charge in [0.15, 0.2) is 0 Å². The van der Waals surface area contributed by atoms with Crippen LogP contribution in [0.3, 0.4) is 0 Å². The molecule has 0 bridgehead atoms. The minimum Gasteiger partial charge on any atom is -0.476 e. The number of thiophene rings is 1. The molecule has 96 valence electrons. The standard InChI is InChI=1S/C14H12N2O2S/c17-13(12-2-1-9-19-12)16-11-5-3-10(4-6-11)14-15-7-8-18-14/h1-6,9H,7-8H2,(H,16,17). The highest BCUT2D eigenvalue weighted by Gasteiger charge is 2.11. The Labute approximate surface area is 114 Å². The van der Waals surface area contributed by atoms with E-state index >= 15 is 0 Å². The van der Waals surface area contributed by atoms with Crippen LogP contribution >= 0.6 is 11.3 Å². The largest absolute Gasteiger partial charge is 0.476 e. The Morgan fingerprint density at radius 2 is 2.11 bits per heavy atom. The summed E-state index contributed by atoms with van der Waals surface area (Å²) in [5.74, 6) is 0.591. The summed E-state index contributed by atoms with van der Waals surface area (Å²) in [6.45, 7) is 1.36. The molecule has 0 unspecified atom stereocenters. The van der Waals surface area contributed by atoms with Gasteiger partial charge in [-0.2, -0.15) is 0 Å². The molecule has 1 N–H and O–H groups in total. The molecule has 0 radical (unpaired) electrons. The normalized spacial score (nSPS) is 13.8. The average Bonchev–Trinajstić information content (AvgIpc) is 3.13. The Balaban J connectivity index is 1.71. The molecule has 0 saturated carbocycles. The highest BCUT2D eigenvalue weighted by molar-refractivity contribution is 7.12. The van der Waals surface area contributed by atoms with Crippen LogP contribution in [0.1, 0.15) is 15.2 Å². The summed E-state index contributed by atoms with van der Waals surface area (Å²) in [7, 11) is 0. The smallest absolute Gasteiger partial charge is 0.265 e. The molecule has 0 atom stereocenters. The maximum atomic E-state index is 11.9. The van der Waals surface area contributed by atoms with Gasteiger partial charge in [-0.3, -0.25) is 4.79 Å². The van der Waals surface area contributed by atoms with E-state index in [2.05, 4.69) is 10.3 Å². The zero-order valence-electron chi connectivity index (χ0n) is 10.1. The second-order valence-corrected chi connectivity index (χ2v) is 4.99. The topological polar surface area (TPSA) is 50.7 Å². The third kappa shape index (κ3) is 2.66. The van der Waals surface area contributed by atoms with Crippen molar-refractivity contribution in [2.75, 3.05) is 18.5 Å². The molecule has 0 aliphatic carbocycles. The SMILES string of the molecule is O=C(Nc1ccc(C2=NCCO2)cc1)c1cccs1. The average molecular weight is 272 g/mol. The van der Waals surface area contributed by atoms with Crippen LogP contribution < -0.4 is 5.32 Å². The Morgan fingerprint density at radius 1 is 1.26 bits per heavy atom. The molecule has 1 amide bonds. The minimum absolute atomic E-state index is 0.0859. The van der Waals surface area contributed by atoms with Crippen LogP contribution in [0.4, 0.5) is 5.69 Å². The van der Waals surface area contributed by atoms with E-state index in [1.165, 1.54) is 11.3 Å². The van der Waals surface area contributed by atoms with E-state index in [1.807, 2.05) is 35.7 Å². The van der Waals surface area contributed by atoms with Crippen molar-refractivity contribution in [3.05, 3.63) is 52.2 Å². The van der Waals surface area contributed by atoms with Crippen LogP contribution in [0.2, 0.25) is 0 Å². The molecule has 5 heteroatoms. The van der Waals surface area contributed by atoms with Crippen LogP contribution in [-0.2, 0) is 4.74 Å². The highest BCUT2D eigenvalue weighted by Crippen LogP contribution is 2.15. The number of carbonyl (C=O) groups is 1. The number of amides is 1. The summed E-state index contributed by atoms with van der Waals surface area (Å²) in [4.78, 5) is 16.8. The van der Waals surface area contributed by atoms with E-state index in [0.29, 0.717) is 23.9 Å². The van der Waals surface area contributed by atoms with Gasteiger partial charge in [-0.25, -0.2) is 4.99 Å². The Hall–Kier alpha value is -2.14. The van der Waals surface area contributed by atoms with Crippen LogP contribution in [0, 0.1) is 0 Å². The molecule has 0 spiro atoms. The molecule has 0 saturated heterocycles. The highest BCUT2D eigenvalue weighted by atomic mass is 32.1. The van der Waals surface area contributed by atoms with Gasteiger partial charge in [-0.15, -0.1) is 11.3 Å². The summed E-state index contributed by atoms with van der Waals surface area (Å²) < 4.78 is 5.38. The lowest BCUT2D eigenvalue weighted by Gasteiger charge is -2.05. The maximum Gasteiger partial charge on any atom is 0.265 e. The zero-order chi connectivity index (χ0) is 13.1. The molecular weight excluding hydrogens is 260 g/mol. The van der Waals surface area contributed by atoms with E-state index in [-0.39, 0.29) is 5.91 Å². The number of anilines is 1. The molecule has 0 fully saturated rings. The van der Waals surface area contributed by atoms with Crippen LogP contribution in [0.25, 0.3) is 0 Å². The van der Waals surface area contributed by atoms with E-state index in [1.54, 1.807) is 6.07 Å². The molecule has 2 aromatic rings. The van der Waals surface area contributed by atoms with Gasteiger partial charge in [-0.1, -0.05) is 6.07 Å². The molecule has 3 rings (SSSR count). The fourth-order valence-corrected chi connectivity index (χ4v) is 2.43. The number of hydrogen-bond donors (Lipinski definition) is 1. The van der Waals surface area contributed by atoms with Crippen molar-refractivity contribution in [3.63, 3.8) is 0 Å². The van der Waals surface area contributed by atoms with Gasteiger partial charge < -0.3 is 10.1 Å². The maximum absolute atomic E-state index is 11.9. The number of rotatable bonds is 3. The first-order valence-electron chi connectivity index (χ1n) is 5.95. The van der Waals surface area contributed by atoms with Crippen molar-refractivity contribution in [3.8, 4) is 0 Å². The van der Waals surface area contributed by atoms with Crippen molar-refractivity contribution >= 4 is 28.8 Å². The number of hydrogen-bond acceptors (Lipinski definition) is 4. The summed E-state index contributed by atoms with van der Waals surface area (Å²) in [6.07, 6.45) is 0. The van der Waals surface area contributed by atoms with Crippen molar-refractivity contribution in [1.82, 2.24) is 0 Å². The number of carbonyl (C=O) groups excluding carboxylic acids is 1. The van der Waals surface area contributed by atoms with E-state index in [4.69, 9.17) is 4.74 Å². The van der Waals surface area contributed by atoms with Crippen molar-refractivity contribution in [2.24, 2.45) is 4.99 Å². The first-order valence-corrected chi connectivity index (χ1v) is 6.83. The predicted octanol–water partition coefficient (Wildman–Crippen LogP) is 2.78. The van der Waals surface area contributed by atoms with Gasteiger partial charge in [0.2, 0.25) is 5.90 Å². The summed E-state index contributed by atoms with van der Waals surface area (Å²) in [5.41, 5.74) is 1.70. The lowest BCUT2D eigenvalue weighted by atomic mass is 10.2. The molecule has 2 heterocycles. The van der Waals surface area contributed by atoms with Crippen molar-refractivity contribution < 1.29 is 9.53 Å². The molecule has 1 aliphatic heterocycles. The van der Waals surface area contributed by atoms with Gasteiger partial charge in [-0.05, 0) is 35.7 Å². The van der Waals surface area contributed by atoms with Crippen molar-refractivity contribution in [2.45, 2.75) is 0 Å². The lowest BCUT2D eigenvalue weighted by Crippen LogP contribution is -2.10. The number of ether oxygens (including phenoxy) is 1. The third-order valence-corrected chi connectivity index (χ3v) is 3.59.